The minimum Gasteiger partial charge on any atom is -0.224 e. The van der Waals surface area contributed by atoms with Crippen LogP contribution in [-0.2, 0) is 0 Å². The first kappa shape index (κ1) is 13.5. The van der Waals surface area contributed by atoms with Gasteiger partial charge in [0.25, 0.3) is 0 Å². The molecule has 2 atom stereocenters. The summed E-state index contributed by atoms with van der Waals surface area (Å²) in [5.41, 5.74) is 0.709. The Morgan fingerprint density at radius 1 is 1.25 bits per heavy atom. The molecule has 0 radical (unpaired) electrons. The molecule has 0 N–H and O–H groups in total. The molecule has 0 unspecified atom stereocenters. The Kier molecular flexibility index (Phi) is 3.27. The number of rotatable bonds is 1. The standard InChI is InChI=1S/C11H11ClF3N5/c12-9-8-10(17-5-16-9)20(19-18-8)7-3-1-2-6(4-7)11(13,14)15/h5-7H,1-4H2/t6-,7-/m0/s1. The summed E-state index contributed by atoms with van der Waals surface area (Å²) < 4.78 is 40.0. The second kappa shape index (κ2) is 4.83. The third-order valence-corrected chi connectivity index (χ3v) is 3.95. The summed E-state index contributed by atoms with van der Waals surface area (Å²) in [7, 11) is 0. The molecule has 0 aromatic carbocycles. The monoisotopic (exact) mass is 305 g/mol. The zero-order valence-electron chi connectivity index (χ0n) is 10.3. The summed E-state index contributed by atoms with van der Waals surface area (Å²) in [6.45, 7) is 0. The van der Waals surface area contributed by atoms with Crippen molar-refractivity contribution in [1.29, 1.82) is 0 Å². The first-order valence-electron chi connectivity index (χ1n) is 6.25. The van der Waals surface area contributed by atoms with Gasteiger partial charge < -0.3 is 0 Å². The average molecular weight is 306 g/mol. The van der Waals surface area contributed by atoms with Gasteiger partial charge in [-0.2, -0.15) is 13.2 Å². The van der Waals surface area contributed by atoms with Gasteiger partial charge in [0.05, 0.1) is 12.0 Å². The van der Waals surface area contributed by atoms with Crippen LogP contribution in [0.2, 0.25) is 5.15 Å². The second-order valence-electron chi connectivity index (χ2n) is 4.93. The van der Waals surface area contributed by atoms with E-state index in [1.54, 1.807) is 0 Å². The van der Waals surface area contributed by atoms with Crippen LogP contribution in [0.1, 0.15) is 31.7 Å². The molecule has 20 heavy (non-hydrogen) atoms. The minimum atomic E-state index is -4.16. The molecule has 0 saturated heterocycles. The van der Waals surface area contributed by atoms with Gasteiger partial charge in [-0.1, -0.05) is 23.2 Å². The third kappa shape index (κ3) is 2.32. The zero-order valence-corrected chi connectivity index (χ0v) is 11.1. The molecule has 2 heterocycles. The molecule has 0 aliphatic heterocycles. The van der Waals surface area contributed by atoms with Crippen molar-refractivity contribution in [2.24, 2.45) is 5.92 Å². The molecular formula is C11H11ClF3N5. The zero-order chi connectivity index (χ0) is 14.3. The first-order valence-corrected chi connectivity index (χ1v) is 6.62. The fraction of sp³-hybridized carbons (Fsp3) is 0.636. The molecule has 0 amide bonds. The maximum absolute atomic E-state index is 12.8. The van der Waals surface area contributed by atoms with Crippen LogP contribution >= 0.6 is 11.6 Å². The van der Waals surface area contributed by atoms with Gasteiger partial charge in [-0.3, -0.25) is 0 Å². The van der Waals surface area contributed by atoms with Crippen molar-refractivity contribution >= 4 is 22.8 Å². The number of aromatic nitrogens is 5. The largest absolute Gasteiger partial charge is 0.391 e. The number of alkyl halides is 3. The van der Waals surface area contributed by atoms with Crippen molar-refractivity contribution in [3.8, 4) is 0 Å². The first-order chi connectivity index (χ1) is 9.47. The Bertz CT molecular complexity index is 626. The summed E-state index contributed by atoms with van der Waals surface area (Å²) in [6, 6.07) is -0.355. The van der Waals surface area contributed by atoms with E-state index in [0.29, 0.717) is 24.0 Å². The Morgan fingerprint density at radius 2 is 2.05 bits per heavy atom. The van der Waals surface area contributed by atoms with E-state index in [2.05, 4.69) is 20.3 Å². The van der Waals surface area contributed by atoms with E-state index in [9.17, 15) is 13.2 Å². The fourth-order valence-corrected chi connectivity index (χ4v) is 2.83. The maximum Gasteiger partial charge on any atom is 0.391 e. The number of hydrogen-bond acceptors (Lipinski definition) is 4. The molecule has 3 rings (SSSR count). The summed E-state index contributed by atoms with van der Waals surface area (Å²) >= 11 is 5.86. The van der Waals surface area contributed by atoms with Crippen molar-refractivity contribution in [1.82, 2.24) is 25.0 Å². The lowest BCUT2D eigenvalue weighted by Gasteiger charge is -2.30. The Hall–Kier alpha value is -1.44. The SMILES string of the molecule is FC(F)(F)[C@H]1CCC[C@H](n2nnc3c(Cl)ncnc32)C1. The van der Waals surface area contributed by atoms with Crippen molar-refractivity contribution in [3.63, 3.8) is 0 Å². The summed E-state index contributed by atoms with van der Waals surface area (Å²) in [5.74, 6) is -1.29. The third-order valence-electron chi connectivity index (χ3n) is 3.67. The number of nitrogens with zero attached hydrogens (tertiary/aromatic N) is 5. The molecule has 0 spiro atoms. The minimum absolute atomic E-state index is 0.00355. The van der Waals surface area contributed by atoms with E-state index >= 15 is 0 Å². The number of halogens is 4. The number of hydrogen-bond donors (Lipinski definition) is 0. The highest BCUT2D eigenvalue weighted by Crippen LogP contribution is 2.42. The van der Waals surface area contributed by atoms with Gasteiger partial charge >= 0.3 is 6.18 Å². The molecule has 108 valence electrons. The van der Waals surface area contributed by atoms with Gasteiger partial charge in [0, 0.05) is 0 Å². The van der Waals surface area contributed by atoms with E-state index in [0.717, 1.165) is 0 Å². The van der Waals surface area contributed by atoms with Crippen LogP contribution in [0.25, 0.3) is 11.2 Å². The summed E-state index contributed by atoms with van der Waals surface area (Å²) in [4.78, 5) is 7.80. The van der Waals surface area contributed by atoms with Crippen LogP contribution in [0.3, 0.4) is 0 Å². The van der Waals surface area contributed by atoms with Crippen LogP contribution in [0.15, 0.2) is 6.33 Å². The van der Waals surface area contributed by atoms with Gasteiger partial charge in [-0.25, -0.2) is 14.6 Å². The maximum atomic E-state index is 12.8. The smallest absolute Gasteiger partial charge is 0.224 e. The summed E-state index contributed by atoms with van der Waals surface area (Å²) in [5, 5.41) is 7.92. The predicted octanol–water partition coefficient (Wildman–Crippen LogP) is 3.17. The highest BCUT2D eigenvalue weighted by Gasteiger charge is 2.43. The van der Waals surface area contributed by atoms with Gasteiger partial charge in [0.15, 0.2) is 16.3 Å². The molecular weight excluding hydrogens is 295 g/mol. The van der Waals surface area contributed by atoms with E-state index in [1.807, 2.05) is 0 Å². The van der Waals surface area contributed by atoms with Crippen LogP contribution in [0, 0.1) is 5.92 Å². The molecule has 2 aromatic rings. The molecule has 1 aliphatic rings. The summed E-state index contributed by atoms with van der Waals surface area (Å²) in [6.07, 6.45) is -1.59. The van der Waals surface area contributed by atoms with Gasteiger partial charge in [0.2, 0.25) is 0 Å². The van der Waals surface area contributed by atoms with Gasteiger partial charge in [-0.15, -0.1) is 5.10 Å². The lowest BCUT2D eigenvalue weighted by Crippen LogP contribution is -2.30. The van der Waals surface area contributed by atoms with Crippen LogP contribution in [0.5, 0.6) is 0 Å². The van der Waals surface area contributed by atoms with Crippen LogP contribution < -0.4 is 0 Å². The number of fused-ring (bicyclic) bond motifs is 1. The normalized spacial score (nSPS) is 24.2. The van der Waals surface area contributed by atoms with E-state index in [1.165, 1.54) is 11.0 Å². The van der Waals surface area contributed by atoms with Crippen LogP contribution in [0.4, 0.5) is 13.2 Å². The predicted molar refractivity (Wildman–Crippen MR) is 65.2 cm³/mol. The average Bonchev–Trinajstić information content (AvgIpc) is 2.83. The van der Waals surface area contributed by atoms with Crippen molar-refractivity contribution in [2.45, 2.75) is 37.9 Å². The van der Waals surface area contributed by atoms with Crippen molar-refractivity contribution < 1.29 is 13.2 Å². The highest BCUT2D eigenvalue weighted by molar-refractivity contribution is 6.33. The molecule has 2 aromatic heterocycles. The Morgan fingerprint density at radius 3 is 2.80 bits per heavy atom. The highest BCUT2D eigenvalue weighted by atomic mass is 35.5. The molecule has 0 bridgehead atoms. The van der Waals surface area contributed by atoms with E-state index in [4.69, 9.17) is 11.6 Å². The molecule has 1 aliphatic carbocycles. The van der Waals surface area contributed by atoms with Crippen LogP contribution in [-0.4, -0.2) is 31.1 Å². The Labute approximate surface area is 117 Å². The second-order valence-corrected chi connectivity index (χ2v) is 5.29. The molecule has 5 nitrogen and oxygen atoms in total. The van der Waals surface area contributed by atoms with Gasteiger partial charge in [0.1, 0.15) is 6.33 Å². The lowest BCUT2D eigenvalue weighted by molar-refractivity contribution is -0.185. The quantitative estimate of drug-likeness (QED) is 0.759. The fourth-order valence-electron chi connectivity index (χ4n) is 2.67. The van der Waals surface area contributed by atoms with E-state index in [-0.39, 0.29) is 24.0 Å². The van der Waals surface area contributed by atoms with Crippen molar-refractivity contribution in [3.05, 3.63) is 11.5 Å². The van der Waals surface area contributed by atoms with Gasteiger partial charge in [-0.05, 0) is 19.3 Å². The molecule has 1 fully saturated rings. The lowest BCUT2D eigenvalue weighted by atomic mass is 9.85. The van der Waals surface area contributed by atoms with Crippen molar-refractivity contribution in [2.75, 3.05) is 0 Å². The molecule has 1 saturated carbocycles. The molecule has 9 heteroatoms. The van der Waals surface area contributed by atoms with E-state index < -0.39 is 12.1 Å². The Balaban J connectivity index is 1.93. The topological polar surface area (TPSA) is 56.5 Å².